The van der Waals surface area contributed by atoms with Crippen molar-refractivity contribution >= 4 is 34.8 Å². The molecule has 23 heavy (non-hydrogen) atoms. The van der Waals surface area contributed by atoms with Crippen LogP contribution in [-0.2, 0) is 4.79 Å². The maximum atomic E-state index is 12.0. The number of carbonyl (C=O) groups is 2. The number of halogens is 1. The molecule has 0 aliphatic carbocycles. The minimum atomic E-state index is -0.601. The summed E-state index contributed by atoms with van der Waals surface area (Å²) in [4.78, 5) is 23.3. The maximum Gasteiger partial charge on any atom is 0.250 e. The first-order valence-corrected chi connectivity index (χ1v) is 7.15. The van der Waals surface area contributed by atoms with Crippen molar-refractivity contribution in [2.45, 2.75) is 0 Å². The van der Waals surface area contributed by atoms with E-state index in [-0.39, 0.29) is 18.0 Å². The minimum absolute atomic E-state index is 0.00968. The quantitative estimate of drug-likeness (QED) is 0.757. The molecule has 0 radical (unpaired) electrons. The summed E-state index contributed by atoms with van der Waals surface area (Å²) in [7, 11) is 1.53. The van der Waals surface area contributed by atoms with E-state index in [1.807, 2.05) is 0 Å². The molecule has 6 nitrogen and oxygen atoms in total. The summed E-state index contributed by atoms with van der Waals surface area (Å²) in [5.74, 6) is -0.363. The number of methoxy groups -OCH3 is 1. The fourth-order valence-electron chi connectivity index (χ4n) is 1.96. The summed E-state index contributed by atoms with van der Waals surface area (Å²) in [6.07, 6.45) is 0. The van der Waals surface area contributed by atoms with Gasteiger partial charge in [0.1, 0.15) is 5.75 Å². The number of hydrogen-bond acceptors (Lipinski definition) is 4. The first-order valence-electron chi connectivity index (χ1n) is 6.77. The molecule has 0 aliphatic rings. The molecule has 0 saturated carbocycles. The van der Waals surface area contributed by atoms with Crippen LogP contribution in [0.4, 0.5) is 11.4 Å². The third-order valence-corrected chi connectivity index (χ3v) is 3.37. The van der Waals surface area contributed by atoms with E-state index in [2.05, 4.69) is 10.6 Å². The van der Waals surface area contributed by atoms with Gasteiger partial charge in [-0.05, 0) is 30.3 Å². The van der Waals surface area contributed by atoms with Crippen molar-refractivity contribution in [2.75, 3.05) is 24.3 Å². The molecule has 2 rings (SSSR count). The van der Waals surface area contributed by atoms with Crippen LogP contribution < -0.4 is 21.1 Å². The number of nitrogens with two attached hydrogens (primary N) is 1. The van der Waals surface area contributed by atoms with Gasteiger partial charge in [-0.1, -0.05) is 23.7 Å². The highest BCUT2D eigenvalue weighted by Gasteiger charge is 2.10. The number of hydrogen-bond donors (Lipinski definition) is 3. The molecule has 0 saturated heterocycles. The topological polar surface area (TPSA) is 93.4 Å². The van der Waals surface area contributed by atoms with E-state index in [9.17, 15) is 9.59 Å². The van der Waals surface area contributed by atoms with E-state index in [0.29, 0.717) is 22.1 Å². The lowest BCUT2D eigenvalue weighted by Gasteiger charge is -2.11. The lowest BCUT2D eigenvalue weighted by atomic mass is 10.1. The van der Waals surface area contributed by atoms with Crippen molar-refractivity contribution in [1.29, 1.82) is 0 Å². The van der Waals surface area contributed by atoms with Crippen LogP contribution in [0.15, 0.2) is 42.5 Å². The Morgan fingerprint density at radius 1 is 1.22 bits per heavy atom. The molecule has 0 unspecified atom stereocenters. The number of para-hydroxylation sites is 1. The van der Waals surface area contributed by atoms with Gasteiger partial charge in [-0.25, -0.2) is 0 Å². The number of primary amides is 1. The summed E-state index contributed by atoms with van der Waals surface area (Å²) >= 11 is 6.01. The molecule has 120 valence electrons. The third kappa shape index (κ3) is 4.37. The molecule has 0 fully saturated rings. The van der Waals surface area contributed by atoms with E-state index in [1.165, 1.54) is 7.11 Å². The largest absolute Gasteiger partial charge is 0.495 e. The van der Waals surface area contributed by atoms with E-state index >= 15 is 0 Å². The summed E-state index contributed by atoms with van der Waals surface area (Å²) in [6, 6.07) is 11.6. The van der Waals surface area contributed by atoms with Crippen molar-refractivity contribution in [3.63, 3.8) is 0 Å². The van der Waals surface area contributed by atoms with Gasteiger partial charge in [0.25, 0.3) is 5.91 Å². The SMILES string of the molecule is COc1ccc(NCC(=O)Nc2ccccc2C(N)=O)cc1Cl. The Morgan fingerprint density at radius 2 is 1.96 bits per heavy atom. The van der Waals surface area contributed by atoms with Gasteiger partial charge < -0.3 is 21.1 Å². The summed E-state index contributed by atoms with van der Waals surface area (Å²) in [5, 5.41) is 6.02. The second-order valence-corrected chi connectivity index (χ2v) is 5.07. The summed E-state index contributed by atoms with van der Waals surface area (Å²) < 4.78 is 5.06. The van der Waals surface area contributed by atoms with E-state index in [1.54, 1.807) is 42.5 Å². The van der Waals surface area contributed by atoms with Gasteiger partial charge in [0.15, 0.2) is 0 Å². The second-order valence-electron chi connectivity index (χ2n) is 4.66. The number of nitrogens with one attached hydrogen (secondary N) is 2. The van der Waals surface area contributed by atoms with Crippen molar-refractivity contribution in [3.8, 4) is 5.75 Å². The van der Waals surface area contributed by atoms with Gasteiger partial charge in [-0.15, -0.1) is 0 Å². The zero-order chi connectivity index (χ0) is 16.8. The predicted octanol–water partition coefficient (Wildman–Crippen LogP) is 2.50. The number of ether oxygens (including phenoxy) is 1. The molecule has 0 aliphatic heterocycles. The number of benzene rings is 2. The Kier molecular flexibility index (Phi) is 5.43. The van der Waals surface area contributed by atoms with Crippen LogP contribution in [0.25, 0.3) is 0 Å². The normalized spacial score (nSPS) is 10.0. The van der Waals surface area contributed by atoms with Crippen molar-refractivity contribution < 1.29 is 14.3 Å². The van der Waals surface area contributed by atoms with Crippen LogP contribution in [0.1, 0.15) is 10.4 Å². The number of amides is 2. The highest BCUT2D eigenvalue weighted by Crippen LogP contribution is 2.27. The third-order valence-electron chi connectivity index (χ3n) is 3.07. The molecular weight excluding hydrogens is 318 g/mol. The zero-order valence-electron chi connectivity index (χ0n) is 12.4. The first-order chi connectivity index (χ1) is 11.0. The molecule has 0 aromatic heterocycles. The lowest BCUT2D eigenvalue weighted by molar-refractivity contribution is -0.114. The average molecular weight is 334 g/mol. The number of rotatable bonds is 6. The Labute approximate surface area is 138 Å². The van der Waals surface area contributed by atoms with Crippen LogP contribution >= 0.6 is 11.6 Å². The molecule has 2 aromatic carbocycles. The molecule has 4 N–H and O–H groups in total. The molecular formula is C16H16ClN3O3. The number of anilines is 2. The molecule has 0 heterocycles. The van der Waals surface area contributed by atoms with Crippen LogP contribution in [-0.4, -0.2) is 25.5 Å². The van der Waals surface area contributed by atoms with Gasteiger partial charge in [-0.3, -0.25) is 9.59 Å². The predicted molar refractivity (Wildman–Crippen MR) is 90.1 cm³/mol. The van der Waals surface area contributed by atoms with Gasteiger partial charge in [0.2, 0.25) is 5.91 Å². The Balaban J connectivity index is 1.98. The molecule has 2 aromatic rings. The Hall–Kier alpha value is -2.73. The molecule has 2 amide bonds. The van der Waals surface area contributed by atoms with Gasteiger partial charge in [0, 0.05) is 5.69 Å². The van der Waals surface area contributed by atoms with E-state index < -0.39 is 5.91 Å². The van der Waals surface area contributed by atoms with Crippen LogP contribution in [0, 0.1) is 0 Å². The lowest BCUT2D eigenvalue weighted by Crippen LogP contribution is -2.24. The fraction of sp³-hybridized carbons (Fsp3) is 0.125. The summed E-state index contributed by atoms with van der Waals surface area (Å²) in [5.41, 5.74) is 6.57. The van der Waals surface area contributed by atoms with Crippen molar-refractivity contribution in [3.05, 3.63) is 53.1 Å². The van der Waals surface area contributed by atoms with E-state index in [4.69, 9.17) is 22.1 Å². The zero-order valence-corrected chi connectivity index (χ0v) is 13.2. The smallest absolute Gasteiger partial charge is 0.250 e. The highest BCUT2D eigenvalue weighted by molar-refractivity contribution is 6.32. The van der Waals surface area contributed by atoms with Gasteiger partial charge in [-0.2, -0.15) is 0 Å². The van der Waals surface area contributed by atoms with Crippen LogP contribution in [0.3, 0.4) is 0 Å². The number of carbonyl (C=O) groups excluding carboxylic acids is 2. The Morgan fingerprint density at radius 3 is 2.61 bits per heavy atom. The molecule has 0 atom stereocenters. The minimum Gasteiger partial charge on any atom is -0.495 e. The molecule has 0 bridgehead atoms. The monoisotopic (exact) mass is 333 g/mol. The first kappa shape index (κ1) is 16.6. The van der Waals surface area contributed by atoms with Crippen molar-refractivity contribution in [2.24, 2.45) is 5.73 Å². The van der Waals surface area contributed by atoms with E-state index in [0.717, 1.165) is 0 Å². The maximum absolute atomic E-state index is 12.0. The Bertz CT molecular complexity index is 734. The molecule has 0 spiro atoms. The second kappa shape index (κ2) is 7.51. The summed E-state index contributed by atoms with van der Waals surface area (Å²) in [6.45, 7) is 0.00968. The van der Waals surface area contributed by atoms with Crippen LogP contribution in [0.5, 0.6) is 5.75 Å². The fourth-order valence-corrected chi connectivity index (χ4v) is 2.22. The molecule has 7 heteroatoms. The van der Waals surface area contributed by atoms with Crippen LogP contribution in [0.2, 0.25) is 5.02 Å². The highest BCUT2D eigenvalue weighted by atomic mass is 35.5. The van der Waals surface area contributed by atoms with Gasteiger partial charge in [0.05, 0.1) is 29.9 Å². The average Bonchev–Trinajstić information content (AvgIpc) is 2.53. The standard InChI is InChI=1S/C16H16ClN3O3/c1-23-14-7-6-10(8-12(14)17)19-9-15(21)20-13-5-3-2-4-11(13)16(18)22/h2-8,19H,9H2,1H3,(H2,18,22)(H,20,21). The van der Waals surface area contributed by atoms with Crippen molar-refractivity contribution in [1.82, 2.24) is 0 Å². The van der Waals surface area contributed by atoms with Gasteiger partial charge >= 0.3 is 0 Å².